The zero-order valence-electron chi connectivity index (χ0n) is 13.0. The Morgan fingerprint density at radius 1 is 1.09 bits per heavy atom. The summed E-state index contributed by atoms with van der Waals surface area (Å²) in [5.74, 6) is -1.32. The molecule has 0 amide bonds. The van der Waals surface area contributed by atoms with Crippen LogP contribution in [0.5, 0.6) is 0 Å². The number of nitrogens with two attached hydrogens (primary N) is 1. The van der Waals surface area contributed by atoms with Crippen molar-refractivity contribution in [2.75, 3.05) is 6.54 Å². The molecule has 3 nitrogen and oxygen atoms in total. The lowest BCUT2D eigenvalue weighted by Gasteiger charge is -2.28. The summed E-state index contributed by atoms with van der Waals surface area (Å²) in [6.45, 7) is 2.14. The van der Waals surface area contributed by atoms with E-state index >= 15 is 0 Å². The maximum atomic E-state index is 13.5. The van der Waals surface area contributed by atoms with E-state index in [0.29, 0.717) is 12.1 Å². The van der Waals surface area contributed by atoms with Crippen molar-refractivity contribution in [2.45, 2.75) is 31.5 Å². The van der Waals surface area contributed by atoms with Gasteiger partial charge in [-0.3, -0.25) is 0 Å². The highest BCUT2D eigenvalue weighted by Gasteiger charge is 2.24. The van der Waals surface area contributed by atoms with Crippen molar-refractivity contribution in [3.05, 3.63) is 71.3 Å². The number of halogens is 2. The van der Waals surface area contributed by atoms with E-state index in [1.165, 1.54) is 12.1 Å². The van der Waals surface area contributed by atoms with Crippen LogP contribution in [0.3, 0.4) is 0 Å². The van der Waals surface area contributed by atoms with Crippen molar-refractivity contribution >= 4 is 0 Å². The Balaban J connectivity index is 2.11. The van der Waals surface area contributed by atoms with Crippen molar-refractivity contribution in [3.8, 4) is 0 Å². The Bertz CT molecular complexity index is 599. The minimum Gasteiger partial charge on any atom is -0.392 e. The van der Waals surface area contributed by atoms with Gasteiger partial charge in [0.25, 0.3) is 0 Å². The van der Waals surface area contributed by atoms with Crippen LogP contribution in [0, 0.1) is 11.6 Å². The van der Waals surface area contributed by atoms with Crippen LogP contribution in [0.25, 0.3) is 0 Å². The molecule has 0 aliphatic carbocycles. The molecule has 0 bridgehead atoms. The third kappa shape index (κ3) is 5.10. The second kappa shape index (κ2) is 8.15. The lowest BCUT2D eigenvalue weighted by Crippen LogP contribution is -2.45. The summed E-state index contributed by atoms with van der Waals surface area (Å²) < 4.78 is 26.9. The summed E-state index contributed by atoms with van der Waals surface area (Å²) in [6.07, 6.45) is -0.0580. The Morgan fingerprint density at radius 2 is 1.70 bits per heavy atom. The SMILES string of the molecule is C[C@@H](O)[C@@H](N)C(NCCc1ccccc1)c1cc(F)cc(F)c1. The Labute approximate surface area is 135 Å². The van der Waals surface area contributed by atoms with E-state index in [4.69, 9.17) is 5.73 Å². The number of benzene rings is 2. The minimum absolute atomic E-state index is 0.393. The number of nitrogens with one attached hydrogen (secondary N) is 1. The van der Waals surface area contributed by atoms with E-state index in [2.05, 4.69) is 5.32 Å². The molecule has 0 aromatic heterocycles. The fraction of sp³-hybridized carbons (Fsp3) is 0.333. The van der Waals surface area contributed by atoms with Gasteiger partial charge >= 0.3 is 0 Å². The third-order valence-corrected chi connectivity index (χ3v) is 3.81. The van der Waals surface area contributed by atoms with Crippen LogP contribution in [0.15, 0.2) is 48.5 Å². The van der Waals surface area contributed by atoms with Crippen molar-refractivity contribution < 1.29 is 13.9 Å². The fourth-order valence-electron chi connectivity index (χ4n) is 2.53. The standard InChI is InChI=1S/C18H22F2N2O/c1-12(23)17(21)18(14-9-15(19)11-16(20)10-14)22-8-7-13-5-3-2-4-6-13/h2-6,9-12,17-18,22-23H,7-8,21H2,1H3/t12-,17-,18?/m1/s1. The highest BCUT2D eigenvalue weighted by atomic mass is 19.1. The number of aliphatic hydroxyl groups excluding tert-OH is 1. The van der Waals surface area contributed by atoms with Crippen LogP contribution in [0.2, 0.25) is 0 Å². The molecule has 4 N–H and O–H groups in total. The first-order valence-electron chi connectivity index (χ1n) is 7.64. The molecule has 3 atom stereocenters. The number of hydrogen-bond acceptors (Lipinski definition) is 3. The van der Waals surface area contributed by atoms with Gasteiger partial charge in [-0.25, -0.2) is 8.78 Å². The van der Waals surface area contributed by atoms with E-state index in [9.17, 15) is 13.9 Å². The molecule has 2 aromatic carbocycles. The van der Waals surface area contributed by atoms with E-state index in [1.807, 2.05) is 30.3 Å². The molecule has 124 valence electrons. The summed E-state index contributed by atoms with van der Waals surface area (Å²) in [6, 6.07) is 12.0. The van der Waals surface area contributed by atoms with Gasteiger partial charge in [0, 0.05) is 12.1 Å². The van der Waals surface area contributed by atoms with Gasteiger partial charge < -0.3 is 16.2 Å². The Hall–Kier alpha value is -1.82. The highest BCUT2D eigenvalue weighted by Crippen LogP contribution is 2.20. The lowest BCUT2D eigenvalue weighted by molar-refractivity contribution is 0.143. The van der Waals surface area contributed by atoms with Crippen LogP contribution in [0.4, 0.5) is 8.78 Å². The molecule has 2 aromatic rings. The van der Waals surface area contributed by atoms with E-state index < -0.39 is 29.8 Å². The molecule has 0 spiro atoms. The minimum atomic E-state index is -0.810. The van der Waals surface area contributed by atoms with Gasteiger partial charge in [0.2, 0.25) is 0 Å². The molecule has 0 saturated carbocycles. The van der Waals surface area contributed by atoms with Gasteiger partial charge in [-0.2, -0.15) is 0 Å². The Kier molecular flexibility index (Phi) is 6.21. The van der Waals surface area contributed by atoms with Gasteiger partial charge in [-0.05, 0) is 43.1 Å². The normalized spacial score (nSPS) is 15.2. The van der Waals surface area contributed by atoms with Crippen molar-refractivity contribution in [3.63, 3.8) is 0 Å². The summed E-state index contributed by atoms with van der Waals surface area (Å²) in [4.78, 5) is 0. The first-order chi connectivity index (χ1) is 11.0. The molecule has 0 fully saturated rings. The first kappa shape index (κ1) is 17.5. The van der Waals surface area contributed by atoms with Crippen LogP contribution in [-0.4, -0.2) is 23.8 Å². The summed E-state index contributed by atoms with van der Waals surface area (Å²) in [7, 11) is 0. The summed E-state index contributed by atoms with van der Waals surface area (Å²) in [5.41, 5.74) is 7.56. The maximum absolute atomic E-state index is 13.5. The molecule has 23 heavy (non-hydrogen) atoms. The van der Waals surface area contributed by atoms with E-state index in [1.54, 1.807) is 6.92 Å². The van der Waals surface area contributed by atoms with Gasteiger partial charge in [0.05, 0.1) is 12.1 Å². The lowest BCUT2D eigenvalue weighted by atomic mass is 9.96. The topological polar surface area (TPSA) is 58.3 Å². The highest BCUT2D eigenvalue weighted by molar-refractivity contribution is 5.23. The predicted octanol–water partition coefficient (Wildman–Crippen LogP) is 2.55. The molecule has 0 radical (unpaired) electrons. The second-order valence-corrected chi connectivity index (χ2v) is 5.69. The van der Waals surface area contributed by atoms with Gasteiger partial charge in [-0.15, -0.1) is 0 Å². The fourth-order valence-corrected chi connectivity index (χ4v) is 2.53. The average Bonchev–Trinajstić information content (AvgIpc) is 2.51. The van der Waals surface area contributed by atoms with Crippen LogP contribution in [0.1, 0.15) is 24.1 Å². The van der Waals surface area contributed by atoms with Crippen LogP contribution in [-0.2, 0) is 6.42 Å². The first-order valence-corrected chi connectivity index (χ1v) is 7.64. The number of aliphatic hydroxyl groups is 1. The van der Waals surface area contributed by atoms with Crippen molar-refractivity contribution in [1.29, 1.82) is 0 Å². The maximum Gasteiger partial charge on any atom is 0.126 e. The molecular formula is C18H22F2N2O. The molecular weight excluding hydrogens is 298 g/mol. The quantitative estimate of drug-likeness (QED) is 0.735. The molecule has 2 rings (SSSR count). The molecule has 0 heterocycles. The number of hydrogen-bond donors (Lipinski definition) is 3. The molecule has 0 aliphatic heterocycles. The Morgan fingerprint density at radius 3 is 2.26 bits per heavy atom. The zero-order valence-corrected chi connectivity index (χ0v) is 13.0. The van der Waals surface area contributed by atoms with Crippen LogP contribution >= 0.6 is 0 Å². The van der Waals surface area contributed by atoms with Crippen LogP contribution < -0.4 is 11.1 Å². The molecule has 0 aliphatic rings. The summed E-state index contributed by atoms with van der Waals surface area (Å²) >= 11 is 0. The van der Waals surface area contributed by atoms with Gasteiger partial charge in [-0.1, -0.05) is 30.3 Å². The average molecular weight is 320 g/mol. The predicted molar refractivity (Wildman–Crippen MR) is 86.9 cm³/mol. The van der Waals surface area contributed by atoms with E-state index in [-0.39, 0.29) is 0 Å². The third-order valence-electron chi connectivity index (χ3n) is 3.81. The second-order valence-electron chi connectivity index (χ2n) is 5.69. The monoisotopic (exact) mass is 320 g/mol. The summed E-state index contributed by atoms with van der Waals surface area (Å²) in [5, 5.41) is 13.0. The van der Waals surface area contributed by atoms with E-state index in [0.717, 1.165) is 18.1 Å². The van der Waals surface area contributed by atoms with Crippen molar-refractivity contribution in [1.82, 2.24) is 5.32 Å². The largest absolute Gasteiger partial charge is 0.392 e. The van der Waals surface area contributed by atoms with Gasteiger partial charge in [0.15, 0.2) is 0 Å². The molecule has 1 unspecified atom stereocenters. The van der Waals surface area contributed by atoms with Crippen molar-refractivity contribution in [2.24, 2.45) is 5.73 Å². The number of rotatable bonds is 7. The molecule has 5 heteroatoms. The zero-order chi connectivity index (χ0) is 16.8. The molecule has 0 saturated heterocycles. The smallest absolute Gasteiger partial charge is 0.126 e. The van der Waals surface area contributed by atoms with Gasteiger partial charge in [0.1, 0.15) is 11.6 Å².